The van der Waals surface area contributed by atoms with Crippen LogP contribution in [0.1, 0.15) is 63.6 Å². The van der Waals surface area contributed by atoms with Crippen LogP contribution in [-0.2, 0) is 17.3 Å². The molecule has 1 fully saturated rings. The topological polar surface area (TPSA) is 90.0 Å². The number of carbonyl (C=O) groups excluding carboxylic acids is 1. The van der Waals surface area contributed by atoms with Gasteiger partial charge in [0.1, 0.15) is 23.2 Å². The van der Waals surface area contributed by atoms with Gasteiger partial charge in [-0.3, -0.25) is 0 Å². The Morgan fingerprint density at radius 1 is 1.07 bits per heavy atom. The van der Waals surface area contributed by atoms with Gasteiger partial charge in [-0.2, -0.15) is 23.1 Å². The highest BCUT2D eigenvalue weighted by Crippen LogP contribution is 2.34. The van der Waals surface area contributed by atoms with E-state index in [4.69, 9.17) is 14.0 Å². The fraction of sp³-hybridized carbons (Fsp3) is 0.375. The standard InChI is InChI=1S/C32H33F3N4O4/c1-20(36-30(40)42-31(2,3)4)39-16-7-10-27(39)29-37-28(38-43-29)24-12-11-23-19-25(14-13-22(23)18-24)41-17-15-21-8-5-6-9-26(21)32(33,34)35/h5-6,8-9,11-14,18-19,27H,7,10,15-17H2,1-4H3/t27-/m0/s1. The molecular weight excluding hydrogens is 561 g/mol. The van der Waals surface area contributed by atoms with Crippen molar-refractivity contribution >= 4 is 22.7 Å². The highest BCUT2D eigenvalue weighted by molar-refractivity contribution is 5.90. The van der Waals surface area contributed by atoms with Gasteiger partial charge in [0.15, 0.2) is 0 Å². The van der Waals surface area contributed by atoms with Crippen LogP contribution in [0, 0.1) is 0 Å². The molecule has 0 spiro atoms. The number of ether oxygens (including phenoxy) is 2. The third kappa shape index (κ3) is 7.33. The fourth-order valence-electron chi connectivity index (χ4n) is 5.13. The van der Waals surface area contributed by atoms with Crippen LogP contribution in [-0.4, -0.2) is 45.7 Å². The molecule has 0 radical (unpaired) electrons. The van der Waals surface area contributed by atoms with Crippen LogP contribution in [0.4, 0.5) is 18.0 Å². The van der Waals surface area contributed by atoms with Crippen LogP contribution in [0.25, 0.3) is 22.2 Å². The van der Waals surface area contributed by atoms with Crippen molar-refractivity contribution in [3.8, 4) is 17.1 Å². The van der Waals surface area contributed by atoms with Gasteiger partial charge in [-0.25, -0.2) is 4.79 Å². The predicted molar refractivity (Wildman–Crippen MR) is 156 cm³/mol. The Kier molecular flexibility index (Phi) is 8.43. The van der Waals surface area contributed by atoms with E-state index in [-0.39, 0.29) is 24.6 Å². The predicted octanol–water partition coefficient (Wildman–Crippen LogP) is 8.02. The van der Waals surface area contributed by atoms with E-state index in [1.165, 1.54) is 12.1 Å². The van der Waals surface area contributed by atoms with Gasteiger partial charge < -0.3 is 18.9 Å². The molecule has 1 atom stereocenters. The number of fused-ring (bicyclic) bond motifs is 1. The van der Waals surface area contributed by atoms with Crippen LogP contribution in [0.3, 0.4) is 0 Å². The van der Waals surface area contributed by atoms with Crippen molar-refractivity contribution in [3.63, 3.8) is 0 Å². The average Bonchev–Trinajstić information content (AvgIpc) is 3.62. The summed E-state index contributed by atoms with van der Waals surface area (Å²) in [5, 5.41) is 6.02. The minimum atomic E-state index is -4.40. The number of carbonyl (C=O) groups is 1. The zero-order valence-electron chi connectivity index (χ0n) is 24.4. The first kappa shape index (κ1) is 30.1. The van der Waals surface area contributed by atoms with E-state index in [0.29, 0.717) is 29.8 Å². The number of nitrogens with zero attached hydrogens (tertiary/aromatic N) is 4. The second-order valence-electron chi connectivity index (χ2n) is 11.4. The highest BCUT2D eigenvalue weighted by atomic mass is 19.4. The van der Waals surface area contributed by atoms with Crippen molar-refractivity contribution in [2.75, 3.05) is 13.2 Å². The first-order chi connectivity index (χ1) is 20.4. The lowest BCUT2D eigenvalue weighted by atomic mass is 10.0. The van der Waals surface area contributed by atoms with Gasteiger partial charge in [-0.15, -0.1) is 0 Å². The van der Waals surface area contributed by atoms with Crippen molar-refractivity contribution in [3.05, 3.63) is 77.7 Å². The molecule has 0 N–H and O–H groups in total. The van der Waals surface area contributed by atoms with Gasteiger partial charge in [0, 0.05) is 18.5 Å². The van der Waals surface area contributed by atoms with E-state index in [2.05, 4.69) is 15.1 Å². The summed E-state index contributed by atoms with van der Waals surface area (Å²) in [6, 6.07) is 16.6. The largest absolute Gasteiger partial charge is 0.493 e. The van der Waals surface area contributed by atoms with Crippen LogP contribution < -0.4 is 4.74 Å². The molecule has 0 bridgehead atoms. The van der Waals surface area contributed by atoms with Crippen molar-refractivity contribution in [1.82, 2.24) is 15.0 Å². The Hall–Kier alpha value is -4.41. The van der Waals surface area contributed by atoms with Gasteiger partial charge in [-0.1, -0.05) is 41.6 Å². The third-order valence-electron chi connectivity index (χ3n) is 7.07. The number of benzene rings is 3. The zero-order valence-corrected chi connectivity index (χ0v) is 24.4. The number of alkyl halides is 3. The molecule has 1 saturated heterocycles. The fourth-order valence-corrected chi connectivity index (χ4v) is 5.13. The number of rotatable bonds is 6. The number of aliphatic imine (C=N–C) groups is 1. The Labute approximate surface area is 247 Å². The van der Waals surface area contributed by atoms with Gasteiger partial charge in [0.2, 0.25) is 11.7 Å². The van der Waals surface area contributed by atoms with E-state index in [9.17, 15) is 18.0 Å². The van der Waals surface area contributed by atoms with E-state index in [1.54, 1.807) is 39.8 Å². The molecule has 0 aliphatic carbocycles. The van der Waals surface area contributed by atoms with E-state index in [1.807, 2.05) is 35.2 Å². The maximum Gasteiger partial charge on any atom is 0.435 e. The molecule has 4 aromatic rings. The summed E-state index contributed by atoms with van der Waals surface area (Å²) in [5.74, 6) is 1.98. The van der Waals surface area contributed by atoms with Crippen LogP contribution in [0.5, 0.6) is 5.75 Å². The van der Waals surface area contributed by atoms with E-state index >= 15 is 0 Å². The molecular formula is C32H33F3N4O4. The number of amides is 1. The summed E-state index contributed by atoms with van der Waals surface area (Å²) in [6.45, 7) is 7.96. The second kappa shape index (κ2) is 12.1. The quantitative estimate of drug-likeness (QED) is 0.165. The average molecular weight is 595 g/mol. The number of hydrogen-bond donors (Lipinski definition) is 0. The maximum absolute atomic E-state index is 13.3. The molecule has 0 saturated carbocycles. The number of amidine groups is 1. The number of aromatic nitrogens is 2. The lowest BCUT2D eigenvalue weighted by Crippen LogP contribution is -2.30. The van der Waals surface area contributed by atoms with Crippen LogP contribution in [0.15, 0.2) is 70.2 Å². The summed E-state index contributed by atoms with van der Waals surface area (Å²) in [6.07, 6.45) is -3.23. The Morgan fingerprint density at radius 2 is 1.81 bits per heavy atom. The molecule has 0 unspecified atom stereocenters. The summed E-state index contributed by atoms with van der Waals surface area (Å²) >= 11 is 0. The van der Waals surface area contributed by atoms with Crippen LogP contribution >= 0.6 is 0 Å². The lowest BCUT2D eigenvalue weighted by Gasteiger charge is -2.24. The Balaban J connectivity index is 1.25. The van der Waals surface area contributed by atoms with Gasteiger partial charge in [0.05, 0.1) is 12.2 Å². The monoisotopic (exact) mass is 594 g/mol. The maximum atomic E-state index is 13.3. The smallest absolute Gasteiger partial charge is 0.435 e. The Bertz CT molecular complexity index is 1640. The van der Waals surface area contributed by atoms with Gasteiger partial charge >= 0.3 is 12.3 Å². The van der Waals surface area contributed by atoms with Crippen molar-refractivity contribution in [1.29, 1.82) is 0 Å². The van der Waals surface area contributed by atoms with Crippen molar-refractivity contribution < 1.29 is 32.0 Å². The molecule has 2 heterocycles. The molecule has 8 nitrogen and oxygen atoms in total. The van der Waals surface area contributed by atoms with Crippen molar-refractivity contribution in [2.24, 2.45) is 4.99 Å². The normalized spacial score (nSPS) is 16.1. The molecule has 11 heteroatoms. The second-order valence-corrected chi connectivity index (χ2v) is 11.4. The van der Waals surface area contributed by atoms with E-state index in [0.717, 1.165) is 35.2 Å². The molecule has 5 rings (SSSR count). The molecule has 1 aliphatic rings. The third-order valence-corrected chi connectivity index (χ3v) is 7.07. The summed E-state index contributed by atoms with van der Waals surface area (Å²) in [7, 11) is 0. The molecule has 3 aromatic carbocycles. The summed E-state index contributed by atoms with van der Waals surface area (Å²) in [4.78, 5) is 23.0. The molecule has 1 amide bonds. The Morgan fingerprint density at radius 3 is 2.58 bits per heavy atom. The number of halogens is 3. The zero-order chi connectivity index (χ0) is 30.8. The van der Waals surface area contributed by atoms with Gasteiger partial charge in [-0.05, 0) is 81.1 Å². The number of likely N-dealkylation sites (tertiary alicyclic amines) is 1. The minimum absolute atomic E-state index is 0.114. The first-order valence-corrected chi connectivity index (χ1v) is 14.1. The lowest BCUT2D eigenvalue weighted by molar-refractivity contribution is -0.138. The van der Waals surface area contributed by atoms with Crippen LogP contribution in [0.2, 0.25) is 0 Å². The summed E-state index contributed by atoms with van der Waals surface area (Å²) in [5.41, 5.74) is -0.304. The molecule has 226 valence electrons. The van der Waals surface area contributed by atoms with Crippen molar-refractivity contribution in [2.45, 2.75) is 64.8 Å². The summed E-state index contributed by atoms with van der Waals surface area (Å²) < 4.78 is 56.5. The molecule has 43 heavy (non-hydrogen) atoms. The molecule has 1 aromatic heterocycles. The van der Waals surface area contributed by atoms with E-state index < -0.39 is 23.4 Å². The van der Waals surface area contributed by atoms with Gasteiger partial charge in [0.25, 0.3) is 0 Å². The first-order valence-electron chi connectivity index (χ1n) is 14.1. The SMILES string of the molecule is CC(=NC(=O)OC(C)(C)C)N1CCC[C@H]1c1nc(-c2ccc3cc(OCCc4ccccc4C(F)(F)F)ccc3c2)no1. The number of hydrogen-bond acceptors (Lipinski definition) is 6. The highest BCUT2D eigenvalue weighted by Gasteiger charge is 2.33. The minimum Gasteiger partial charge on any atom is -0.493 e. The molecule has 1 aliphatic heterocycles.